The Balaban J connectivity index is 1.46. The highest BCUT2D eigenvalue weighted by Gasteiger charge is 2.31. The van der Waals surface area contributed by atoms with Crippen molar-refractivity contribution in [3.8, 4) is 11.4 Å². The van der Waals surface area contributed by atoms with Crippen LogP contribution in [0.25, 0.3) is 54.6 Å². The Morgan fingerprint density at radius 1 is 0.405 bits per heavy atom. The van der Waals surface area contributed by atoms with E-state index in [2.05, 4.69) is 66.7 Å². The number of nitrogens with zero attached hydrogens (tertiary/aromatic N) is 2. The minimum atomic E-state index is -3.24. The average Bonchev–Trinajstić information content (AvgIpc) is 3.08. The van der Waals surface area contributed by atoms with Crippen molar-refractivity contribution in [1.82, 2.24) is 9.97 Å². The topological polar surface area (TPSA) is 42.9 Å². The van der Waals surface area contributed by atoms with Gasteiger partial charge in [0, 0.05) is 26.8 Å². The zero-order valence-electron chi connectivity index (χ0n) is 22.7. The van der Waals surface area contributed by atoms with E-state index in [4.69, 9.17) is 9.97 Å². The molecule has 42 heavy (non-hydrogen) atoms. The number of hydrogen-bond donors (Lipinski definition) is 0. The Morgan fingerprint density at radius 3 is 1.50 bits per heavy atom. The Hall–Kier alpha value is -5.11. The molecule has 0 aliphatic heterocycles. The van der Waals surface area contributed by atoms with Crippen LogP contribution in [0.1, 0.15) is 0 Å². The van der Waals surface area contributed by atoms with Crippen molar-refractivity contribution in [3.05, 3.63) is 152 Å². The highest BCUT2D eigenvalue weighted by atomic mass is 31.2. The van der Waals surface area contributed by atoms with Crippen molar-refractivity contribution in [2.75, 3.05) is 0 Å². The van der Waals surface area contributed by atoms with Gasteiger partial charge in [0.2, 0.25) is 0 Å². The zero-order valence-corrected chi connectivity index (χ0v) is 23.6. The molecule has 0 atom stereocenters. The third-order valence-electron chi connectivity index (χ3n) is 8.12. The van der Waals surface area contributed by atoms with E-state index in [9.17, 15) is 0 Å². The Bertz CT molecular complexity index is 2290. The van der Waals surface area contributed by atoms with Gasteiger partial charge in [-0.15, -0.1) is 0 Å². The maximum atomic E-state index is 15.1. The van der Waals surface area contributed by atoms with Gasteiger partial charge in [-0.2, -0.15) is 0 Å². The molecule has 0 aliphatic rings. The van der Waals surface area contributed by atoms with Crippen LogP contribution in [0.2, 0.25) is 0 Å². The lowest BCUT2D eigenvalue weighted by molar-refractivity contribution is 0.592. The molecule has 8 aromatic rings. The molecule has 0 bridgehead atoms. The van der Waals surface area contributed by atoms with E-state index < -0.39 is 7.14 Å². The van der Waals surface area contributed by atoms with Crippen LogP contribution in [0, 0.1) is 0 Å². The van der Waals surface area contributed by atoms with Crippen LogP contribution in [0.5, 0.6) is 0 Å². The second-order valence-electron chi connectivity index (χ2n) is 10.5. The maximum Gasteiger partial charge on any atom is 0.188 e. The molecule has 4 heteroatoms. The SMILES string of the molecule is O=P(c1ccccc1)(c1ccccc1)c1cccc(-c2nc3c4ccccc4c4ccccc4c3c3ccccc23)n1. The van der Waals surface area contributed by atoms with Crippen molar-refractivity contribution in [2.24, 2.45) is 0 Å². The van der Waals surface area contributed by atoms with Gasteiger partial charge in [0.15, 0.2) is 7.14 Å². The number of hydrogen-bond acceptors (Lipinski definition) is 3. The Labute approximate surface area is 243 Å². The third-order valence-corrected chi connectivity index (χ3v) is 11.1. The van der Waals surface area contributed by atoms with Crippen molar-refractivity contribution >= 4 is 66.4 Å². The van der Waals surface area contributed by atoms with Gasteiger partial charge in [-0.3, -0.25) is 0 Å². The first-order valence-corrected chi connectivity index (χ1v) is 15.8. The molecule has 0 N–H and O–H groups in total. The van der Waals surface area contributed by atoms with Gasteiger partial charge in [0.05, 0.1) is 16.9 Å². The molecular formula is C38H25N2OP. The van der Waals surface area contributed by atoms with E-state index in [0.29, 0.717) is 11.1 Å². The summed E-state index contributed by atoms with van der Waals surface area (Å²) in [6, 6.07) is 50.6. The number of benzene rings is 6. The van der Waals surface area contributed by atoms with E-state index in [1.807, 2.05) is 84.9 Å². The molecule has 2 aromatic heterocycles. The van der Waals surface area contributed by atoms with Gasteiger partial charge >= 0.3 is 0 Å². The summed E-state index contributed by atoms with van der Waals surface area (Å²) in [6.45, 7) is 0. The van der Waals surface area contributed by atoms with Gasteiger partial charge in [-0.25, -0.2) is 9.97 Å². The van der Waals surface area contributed by atoms with Crippen molar-refractivity contribution in [3.63, 3.8) is 0 Å². The van der Waals surface area contributed by atoms with E-state index in [0.717, 1.165) is 43.4 Å². The van der Waals surface area contributed by atoms with Crippen molar-refractivity contribution in [1.29, 1.82) is 0 Å². The molecule has 0 aliphatic carbocycles. The van der Waals surface area contributed by atoms with Gasteiger partial charge in [0.25, 0.3) is 0 Å². The van der Waals surface area contributed by atoms with Gasteiger partial charge in [-0.1, -0.05) is 140 Å². The first-order chi connectivity index (χ1) is 20.7. The van der Waals surface area contributed by atoms with Crippen LogP contribution in [0.4, 0.5) is 0 Å². The molecule has 0 saturated carbocycles. The lowest BCUT2D eigenvalue weighted by Crippen LogP contribution is -2.27. The smallest absolute Gasteiger partial charge is 0.188 e. The van der Waals surface area contributed by atoms with E-state index in [-0.39, 0.29) is 0 Å². The lowest BCUT2D eigenvalue weighted by atomic mass is 9.93. The number of aromatic nitrogens is 2. The predicted octanol–water partition coefficient (Wildman–Crippen LogP) is 8.40. The summed E-state index contributed by atoms with van der Waals surface area (Å²) in [7, 11) is -3.24. The molecule has 8 rings (SSSR count). The number of fused-ring (bicyclic) bond motifs is 8. The molecule has 198 valence electrons. The van der Waals surface area contributed by atoms with Crippen LogP contribution in [-0.4, -0.2) is 9.97 Å². The second kappa shape index (κ2) is 9.76. The van der Waals surface area contributed by atoms with Crippen LogP contribution in [0.15, 0.2) is 152 Å². The van der Waals surface area contributed by atoms with Crippen LogP contribution in [-0.2, 0) is 4.57 Å². The molecule has 0 saturated heterocycles. The third kappa shape index (κ3) is 3.71. The maximum absolute atomic E-state index is 15.1. The Morgan fingerprint density at radius 2 is 0.881 bits per heavy atom. The summed E-state index contributed by atoms with van der Waals surface area (Å²) in [5, 5.41) is 9.48. The molecule has 0 spiro atoms. The molecule has 3 nitrogen and oxygen atoms in total. The van der Waals surface area contributed by atoms with E-state index >= 15 is 4.57 Å². The van der Waals surface area contributed by atoms with Crippen LogP contribution >= 0.6 is 7.14 Å². The first-order valence-electron chi connectivity index (χ1n) is 14.0. The largest absolute Gasteiger partial charge is 0.307 e. The van der Waals surface area contributed by atoms with E-state index in [1.54, 1.807) is 0 Å². The predicted molar refractivity (Wildman–Crippen MR) is 177 cm³/mol. The monoisotopic (exact) mass is 556 g/mol. The van der Waals surface area contributed by atoms with Crippen molar-refractivity contribution in [2.45, 2.75) is 0 Å². The Kier molecular flexibility index (Phi) is 5.73. The van der Waals surface area contributed by atoms with Crippen LogP contribution in [0.3, 0.4) is 0 Å². The quantitative estimate of drug-likeness (QED) is 0.162. The first kappa shape index (κ1) is 24.7. The summed E-state index contributed by atoms with van der Waals surface area (Å²) >= 11 is 0. The second-order valence-corrected chi connectivity index (χ2v) is 13.2. The summed E-state index contributed by atoms with van der Waals surface area (Å²) < 4.78 is 15.1. The summed E-state index contributed by atoms with van der Waals surface area (Å²) in [6.07, 6.45) is 0. The molecular weight excluding hydrogens is 531 g/mol. The summed E-state index contributed by atoms with van der Waals surface area (Å²) in [5.41, 5.74) is 2.98. The van der Waals surface area contributed by atoms with Crippen LogP contribution < -0.4 is 16.0 Å². The van der Waals surface area contributed by atoms with Crippen molar-refractivity contribution < 1.29 is 4.57 Å². The highest BCUT2D eigenvalue weighted by molar-refractivity contribution is 7.85. The number of rotatable bonds is 4. The number of pyridine rings is 2. The molecule has 2 heterocycles. The fraction of sp³-hybridized carbons (Fsp3) is 0. The molecule has 0 fully saturated rings. The molecule has 0 amide bonds. The van der Waals surface area contributed by atoms with Gasteiger partial charge < -0.3 is 4.57 Å². The fourth-order valence-corrected chi connectivity index (χ4v) is 8.76. The standard InChI is InChI=1S/C38H25N2OP/c41-42(26-14-3-1-4-15-26,27-16-5-2-6-17-27)35-25-13-24-34(39-35)37-33-23-12-10-21-31(33)36-30-20-9-7-18-28(30)29-19-8-11-22-32(29)38(36)40-37/h1-25H. The summed E-state index contributed by atoms with van der Waals surface area (Å²) in [5.74, 6) is 0. The highest BCUT2D eigenvalue weighted by Crippen LogP contribution is 2.43. The average molecular weight is 557 g/mol. The minimum absolute atomic E-state index is 0.548. The zero-order chi connectivity index (χ0) is 28.1. The summed E-state index contributed by atoms with van der Waals surface area (Å²) in [4.78, 5) is 10.5. The normalized spacial score (nSPS) is 11.9. The minimum Gasteiger partial charge on any atom is -0.307 e. The molecule has 0 unspecified atom stereocenters. The molecule has 0 radical (unpaired) electrons. The van der Waals surface area contributed by atoms with Gasteiger partial charge in [-0.05, 0) is 33.7 Å². The van der Waals surface area contributed by atoms with E-state index in [1.165, 1.54) is 16.2 Å². The lowest BCUT2D eigenvalue weighted by Gasteiger charge is -2.20. The molecule has 6 aromatic carbocycles. The van der Waals surface area contributed by atoms with Gasteiger partial charge in [0.1, 0.15) is 5.44 Å². The fourth-order valence-electron chi connectivity index (χ4n) is 6.21.